The smallest absolute Gasteiger partial charge is 0.378 e. The van der Waals surface area contributed by atoms with Crippen molar-refractivity contribution in [3.8, 4) is 0 Å². The Hall–Kier alpha value is -3.74. The molecule has 0 N–H and O–H groups in total. The van der Waals surface area contributed by atoms with Crippen LogP contribution in [-0.4, -0.2) is 39.0 Å². The summed E-state index contributed by atoms with van der Waals surface area (Å²) < 4.78 is 0.943. The molecule has 0 unspecified atom stereocenters. The highest BCUT2D eigenvalue weighted by Gasteiger charge is 2.30. The van der Waals surface area contributed by atoms with Crippen molar-refractivity contribution in [1.82, 2.24) is 4.73 Å². The van der Waals surface area contributed by atoms with E-state index in [1.807, 2.05) is 62.3 Å². The van der Waals surface area contributed by atoms with Gasteiger partial charge in [0.2, 0.25) is 0 Å². The molecule has 0 fully saturated rings. The van der Waals surface area contributed by atoms with Crippen molar-refractivity contribution >= 4 is 28.8 Å². The second-order valence-corrected chi connectivity index (χ2v) is 7.65. The van der Waals surface area contributed by atoms with Crippen LogP contribution in [0.5, 0.6) is 0 Å². The maximum atomic E-state index is 13.2. The lowest BCUT2D eigenvalue weighted by atomic mass is 9.94. The molecule has 4 rings (SSSR count). The summed E-state index contributed by atoms with van der Waals surface area (Å²) in [6.45, 7) is 0. The number of anilines is 4. The first-order valence-corrected chi connectivity index (χ1v) is 9.66. The molecule has 1 aliphatic rings. The van der Waals surface area contributed by atoms with E-state index < -0.39 is 11.7 Å². The number of carbonyl (C=O) groups is 1. The topological polar surface area (TPSA) is 58.0 Å². The van der Waals surface area contributed by atoms with Crippen LogP contribution in [0.4, 0.5) is 27.5 Å². The van der Waals surface area contributed by atoms with Gasteiger partial charge in [-0.05, 0) is 53.6 Å². The number of aromatic nitrogens is 1. The molecule has 0 saturated heterocycles. The van der Waals surface area contributed by atoms with E-state index >= 15 is 0 Å². The van der Waals surface area contributed by atoms with Crippen LogP contribution in [0.3, 0.4) is 0 Å². The van der Waals surface area contributed by atoms with Gasteiger partial charge in [0.05, 0.1) is 11.4 Å². The Bertz CT molecular complexity index is 1110. The normalized spacial score (nSPS) is 12.1. The number of rotatable bonds is 3. The maximum Gasteiger partial charge on any atom is 0.443 e. The number of hydrogen-bond acceptors (Lipinski definition) is 5. The molecule has 0 spiro atoms. The molecule has 1 aliphatic heterocycles. The van der Waals surface area contributed by atoms with Gasteiger partial charge in [-0.25, -0.2) is 9.69 Å². The molecule has 154 valence electrons. The van der Waals surface area contributed by atoms with Crippen LogP contribution in [0.25, 0.3) is 0 Å². The monoisotopic (exact) mass is 404 g/mol. The predicted octanol–water partition coefficient (Wildman–Crippen LogP) is 3.27. The highest BCUT2D eigenvalue weighted by molar-refractivity contribution is 6.00. The molecule has 30 heavy (non-hydrogen) atoms. The van der Waals surface area contributed by atoms with Crippen LogP contribution in [0, 0.1) is 0 Å². The minimum Gasteiger partial charge on any atom is -0.378 e. The van der Waals surface area contributed by atoms with E-state index in [-0.39, 0.29) is 0 Å². The van der Waals surface area contributed by atoms with Crippen LogP contribution >= 0.6 is 0 Å². The second kappa shape index (κ2) is 7.59. The van der Waals surface area contributed by atoms with Crippen molar-refractivity contribution in [2.45, 2.75) is 6.42 Å². The summed E-state index contributed by atoms with van der Waals surface area (Å²) in [5.74, 6) is 0. The average Bonchev–Trinajstić information content (AvgIpc) is 2.72. The summed E-state index contributed by atoms with van der Waals surface area (Å²) in [5.41, 5.74) is 5.22. The van der Waals surface area contributed by atoms with Crippen LogP contribution in [0.2, 0.25) is 0 Å². The Balaban J connectivity index is 1.81. The zero-order valence-electron chi connectivity index (χ0n) is 17.5. The number of carbonyl (C=O) groups excluding carboxylic acids is 1. The molecule has 0 saturated carbocycles. The van der Waals surface area contributed by atoms with E-state index in [4.69, 9.17) is 4.84 Å². The van der Waals surface area contributed by atoms with Gasteiger partial charge in [-0.2, -0.15) is 0 Å². The van der Waals surface area contributed by atoms with Gasteiger partial charge < -0.3 is 14.6 Å². The van der Waals surface area contributed by atoms with E-state index in [0.717, 1.165) is 38.6 Å². The number of nitrogens with zero attached hydrogens (tertiary/aromatic N) is 4. The minimum atomic E-state index is -0.638. The van der Waals surface area contributed by atoms with Gasteiger partial charge in [-0.1, -0.05) is 6.07 Å². The predicted molar refractivity (Wildman–Crippen MR) is 119 cm³/mol. The summed E-state index contributed by atoms with van der Waals surface area (Å²) >= 11 is 0. The zero-order chi connectivity index (χ0) is 21.4. The average molecular weight is 404 g/mol. The molecule has 7 nitrogen and oxygen atoms in total. The van der Waals surface area contributed by atoms with Crippen molar-refractivity contribution in [1.29, 1.82) is 0 Å². The van der Waals surface area contributed by atoms with Crippen LogP contribution < -0.4 is 25.1 Å². The second-order valence-electron chi connectivity index (χ2n) is 7.65. The van der Waals surface area contributed by atoms with Gasteiger partial charge >= 0.3 is 6.09 Å². The molecule has 0 aliphatic carbocycles. The number of benzene rings is 2. The molecular weight excluding hydrogens is 380 g/mol. The van der Waals surface area contributed by atoms with Crippen LogP contribution in [0.15, 0.2) is 65.6 Å². The number of amides is 1. The highest BCUT2D eigenvalue weighted by Crippen LogP contribution is 2.41. The van der Waals surface area contributed by atoms with Gasteiger partial charge in [0.15, 0.2) is 0 Å². The molecule has 1 amide bonds. The lowest BCUT2D eigenvalue weighted by Crippen LogP contribution is -2.39. The molecule has 0 radical (unpaired) electrons. The van der Waals surface area contributed by atoms with Gasteiger partial charge in [0, 0.05) is 58.2 Å². The summed E-state index contributed by atoms with van der Waals surface area (Å²) in [6, 6.07) is 16.5. The van der Waals surface area contributed by atoms with Crippen molar-refractivity contribution in [3.63, 3.8) is 0 Å². The third kappa shape index (κ3) is 3.50. The van der Waals surface area contributed by atoms with E-state index in [0.29, 0.717) is 6.42 Å². The Morgan fingerprint density at radius 2 is 1.43 bits per heavy atom. The molecule has 3 aromatic rings. The first kappa shape index (κ1) is 19.6. The third-order valence-electron chi connectivity index (χ3n) is 5.17. The van der Waals surface area contributed by atoms with E-state index in [2.05, 4.69) is 12.1 Å². The number of fused-ring (bicyclic) bond motifs is 2. The van der Waals surface area contributed by atoms with Crippen molar-refractivity contribution in [3.05, 3.63) is 82.3 Å². The minimum absolute atomic E-state index is 0.408. The largest absolute Gasteiger partial charge is 0.443 e. The fraction of sp³-hybridized carbons (Fsp3) is 0.217. The van der Waals surface area contributed by atoms with Gasteiger partial charge in [-0.15, -0.1) is 4.73 Å². The third-order valence-corrected chi connectivity index (χ3v) is 5.17. The first-order valence-electron chi connectivity index (χ1n) is 9.66. The Labute approximate surface area is 175 Å². The molecule has 7 heteroatoms. The van der Waals surface area contributed by atoms with Gasteiger partial charge in [-0.3, -0.25) is 4.79 Å². The van der Waals surface area contributed by atoms with Crippen molar-refractivity contribution < 1.29 is 9.63 Å². The first-order chi connectivity index (χ1) is 14.3. The van der Waals surface area contributed by atoms with Crippen LogP contribution in [0.1, 0.15) is 11.1 Å². The van der Waals surface area contributed by atoms with E-state index in [1.54, 1.807) is 12.1 Å². The van der Waals surface area contributed by atoms with Gasteiger partial charge in [0.1, 0.15) is 0 Å². The van der Waals surface area contributed by atoms with E-state index in [9.17, 15) is 9.59 Å². The number of hydrogen-bond donors (Lipinski definition) is 0. The Morgan fingerprint density at radius 1 is 0.867 bits per heavy atom. The standard InChI is InChI=1S/C23H24N4O3/c1-24(2)18-8-10-20-16(14-18)13-17-15-19(25(3)4)9-11-21(17)27(20)23(29)30-26-12-6-5-7-22(26)28/h5-12,14-15H,13H2,1-4H3. The zero-order valence-corrected chi connectivity index (χ0v) is 17.5. The quantitative estimate of drug-likeness (QED) is 0.671. The van der Waals surface area contributed by atoms with Gasteiger partial charge in [0.25, 0.3) is 5.56 Å². The van der Waals surface area contributed by atoms with E-state index in [1.165, 1.54) is 17.2 Å². The Kier molecular flexibility index (Phi) is 4.95. The van der Waals surface area contributed by atoms with Crippen molar-refractivity contribution in [2.75, 3.05) is 42.9 Å². The molecule has 0 bridgehead atoms. The lowest BCUT2D eigenvalue weighted by molar-refractivity contribution is 0.137. The number of pyridine rings is 1. The van der Waals surface area contributed by atoms with Crippen molar-refractivity contribution in [2.24, 2.45) is 0 Å². The Morgan fingerprint density at radius 3 is 1.93 bits per heavy atom. The highest BCUT2D eigenvalue weighted by atomic mass is 16.7. The summed E-state index contributed by atoms with van der Waals surface area (Å²) in [4.78, 5) is 36.2. The summed E-state index contributed by atoms with van der Waals surface area (Å²) in [5, 5.41) is 0. The fourth-order valence-electron chi connectivity index (χ4n) is 3.56. The molecule has 2 heterocycles. The van der Waals surface area contributed by atoms with Crippen LogP contribution in [-0.2, 0) is 6.42 Å². The molecule has 1 aromatic heterocycles. The fourth-order valence-corrected chi connectivity index (χ4v) is 3.56. The summed E-state index contributed by atoms with van der Waals surface area (Å²) in [6.07, 6.45) is 1.49. The lowest BCUT2D eigenvalue weighted by Gasteiger charge is -2.32. The molecule has 2 aromatic carbocycles. The summed E-state index contributed by atoms with van der Waals surface area (Å²) in [7, 11) is 7.93. The molecular formula is C23H24N4O3. The SMILES string of the molecule is CN(C)c1ccc2c(c1)Cc1cc(N(C)C)ccc1N2C(=O)On1ccccc1=O. The maximum absolute atomic E-state index is 13.2. The molecule has 0 atom stereocenters.